The van der Waals surface area contributed by atoms with E-state index >= 15 is 0 Å². The number of hydrogen-bond donors (Lipinski definition) is 1. The van der Waals surface area contributed by atoms with E-state index in [1.54, 1.807) is 6.07 Å². The first kappa shape index (κ1) is 11.9. The first-order chi connectivity index (χ1) is 7.76. The molecule has 0 bridgehead atoms. The molecular formula is C13H17ClFN. The zero-order valence-corrected chi connectivity index (χ0v) is 10.1. The molecule has 0 saturated heterocycles. The van der Waals surface area contributed by atoms with E-state index < -0.39 is 0 Å². The molecule has 1 nitrogen and oxygen atoms in total. The summed E-state index contributed by atoms with van der Waals surface area (Å²) in [6, 6.07) is 6.91. The summed E-state index contributed by atoms with van der Waals surface area (Å²) in [5.41, 5.74) is 1.15. The summed E-state index contributed by atoms with van der Waals surface area (Å²) in [6.07, 6.45) is 3.58. The number of rotatable bonds is 6. The minimum absolute atomic E-state index is 0.128. The molecule has 3 heteroatoms. The molecule has 16 heavy (non-hydrogen) atoms. The quantitative estimate of drug-likeness (QED) is 0.754. The van der Waals surface area contributed by atoms with Crippen molar-refractivity contribution in [3.63, 3.8) is 0 Å². The van der Waals surface area contributed by atoms with E-state index in [1.807, 2.05) is 12.1 Å². The highest BCUT2D eigenvalue weighted by molar-refractivity contribution is 6.17. The Morgan fingerprint density at radius 2 is 2.06 bits per heavy atom. The van der Waals surface area contributed by atoms with Crippen molar-refractivity contribution in [1.29, 1.82) is 0 Å². The Kier molecular flexibility index (Phi) is 3.82. The van der Waals surface area contributed by atoms with E-state index in [1.165, 1.54) is 18.9 Å². The lowest BCUT2D eigenvalue weighted by molar-refractivity contribution is 0.442. The van der Waals surface area contributed by atoms with Crippen molar-refractivity contribution in [3.05, 3.63) is 35.6 Å². The smallest absolute Gasteiger partial charge is 0.127 e. The van der Waals surface area contributed by atoms with Crippen LogP contribution in [0.2, 0.25) is 0 Å². The van der Waals surface area contributed by atoms with Gasteiger partial charge in [-0.3, -0.25) is 0 Å². The number of benzene rings is 1. The second kappa shape index (κ2) is 5.15. The van der Waals surface area contributed by atoms with E-state index in [0.717, 1.165) is 24.4 Å². The lowest BCUT2D eigenvalue weighted by atomic mass is 10.0. The summed E-state index contributed by atoms with van der Waals surface area (Å²) in [6.45, 7) is 1.56. The second-order valence-corrected chi connectivity index (χ2v) is 5.01. The van der Waals surface area contributed by atoms with Gasteiger partial charge in [-0.25, -0.2) is 4.39 Å². The molecule has 88 valence electrons. The lowest BCUT2D eigenvalue weighted by Gasteiger charge is -2.14. The highest BCUT2D eigenvalue weighted by atomic mass is 35.5. The average molecular weight is 242 g/mol. The van der Waals surface area contributed by atoms with Gasteiger partial charge >= 0.3 is 0 Å². The zero-order valence-electron chi connectivity index (χ0n) is 9.31. The van der Waals surface area contributed by atoms with Gasteiger partial charge in [-0.15, -0.1) is 11.6 Å². The third kappa shape index (κ3) is 2.96. The Balaban J connectivity index is 1.78. The van der Waals surface area contributed by atoms with Gasteiger partial charge in [-0.1, -0.05) is 18.2 Å². The van der Waals surface area contributed by atoms with Crippen molar-refractivity contribution in [2.24, 2.45) is 5.41 Å². The molecule has 1 fully saturated rings. The molecule has 1 aliphatic rings. The predicted octanol–water partition coefficient (Wildman–Crippen LogP) is 3.32. The van der Waals surface area contributed by atoms with Crippen molar-refractivity contribution >= 4 is 11.6 Å². The van der Waals surface area contributed by atoms with Crippen LogP contribution in [0.3, 0.4) is 0 Å². The number of halogens is 2. The number of hydrogen-bond acceptors (Lipinski definition) is 1. The van der Waals surface area contributed by atoms with Gasteiger partial charge in [0.2, 0.25) is 0 Å². The van der Waals surface area contributed by atoms with Crippen molar-refractivity contribution in [1.82, 2.24) is 5.32 Å². The fraction of sp³-hybridized carbons (Fsp3) is 0.538. The largest absolute Gasteiger partial charge is 0.312 e. The van der Waals surface area contributed by atoms with Crippen LogP contribution in [0.4, 0.5) is 4.39 Å². The van der Waals surface area contributed by atoms with Crippen molar-refractivity contribution < 1.29 is 4.39 Å². The lowest BCUT2D eigenvalue weighted by Crippen LogP contribution is -2.24. The molecular weight excluding hydrogens is 225 g/mol. The molecule has 1 aromatic rings. The molecule has 2 rings (SSSR count). The normalized spacial score (nSPS) is 17.4. The Bertz CT molecular complexity index is 350. The highest BCUT2D eigenvalue weighted by Crippen LogP contribution is 2.48. The molecule has 0 heterocycles. The third-order valence-corrected chi connectivity index (χ3v) is 3.54. The molecule has 0 aliphatic heterocycles. The molecule has 0 amide bonds. The van der Waals surface area contributed by atoms with Crippen LogP contribution in [-0.2, 0) is 6.54 Å². The summed E-state index contributed by atoms with van der Waals surface area (Å²) >= 11 is 5.76. The van der Waals surface area contributed by atoms with Crippen LogP contribution in [-0.4, -0.2) is 12.4 Å². The summed E-state index contributed by atoms with van der Waals surface area (Å²) in [4.78, 5) is 0. The summed E-state index contributed by atoms with van der Waals surface area (Å²) < 4.78 is 13.3. The Morgan fingerprint density at radius 3 is 2.69 bits per heavy atom. The molecule has 1 aliphatic carbocycles. The fourth-order valence-corrected chi connectivity index (χ4v) is 2.40. The van der Waals surface area contributed by atoms with Gasteiger partial charge in [0, 0.05) is 24.5 Å². The first-order valence-corrected chi connectivity index (χ1v) is 6.29. The van der Waals surface area contributed by atoms with Gasteiger partial charge in [-0.2, -0.15) is 0 Å². The monoisotopic (exact) mass is 241 g/mol. The van der Waals surface area contributed by atoms with Gasteiger partial charge in [0.25, 0.3) is 0 Å². The van der Waals surface area contributed by atoms with Crippen molar-refractivity contribution in [2.75, 3.05) is 12.4 Å². The topological polar surface area (TPSA) is 12.0 Å². The maximum absolute atomic E-state index is 13.3. The van der Waals surface area contributed by atoms with Crippen LogP contribution < -0.4 is 5.32 Å². The number of nitrogens with one attached hydrogen (secondary N) is 1. The molecule has 0 spiro atoms. The van der Waals surface area contributed by atoms with E-state index in [9.17, 15) is 4.39 Å². The Hall–Kier alpha value is -0.600. The van der Waals surface area contributed by atoms with Gasteiger partial charge in [0.05, 0.1) is 0 Å². The Morgan fingerprint density at radius 1 is 1.31 bits per heavy atom. The van der Waals surface area contributed by atoms with Gasteiger partial charge in [-0.05, 0) is 30.7 Å². The molecule has 0 atom stereocenters. The van der Waals surface area contributed by atoms with Crippen LogP contribution in [0.15, 0.2) is 24.3 Å². The highest BCUT2D eigenvalue weighted by Gasteiger charge is 2.41. The van der Waals surface area contributed by atoms with Gasteiger partial charge in [0.15, 0.2) is 0 Å². The van der Waals surface area contributed by atoms with Crippen LogP contribution in [0.1, 0.15) is 24.8 Å². The molecule has 0 unspecified atom stereocenters. The molecule has 0 aromatic heterocycles. The van der Waals surface area contributed by atoms with E-state index in [2.05, 4.69) is 5.32 Å². The van der Waals surface area contributed by atoms with E-state index in [-0.39, 0.29) is 5.82 Å². The zero-order chi connectivity index (χ0) is 11.4. The summed E-state index contributed by atoms with van der Waals surface area (Å²) in [5, 5.41) is 3.33. The molecule has 0 radical (unpaired) electrons. The average Bonchev–Trinajstić information content (AvgIpc) is 3.02. The summed E-state index contributed by atoms with van der Waals surface area (Å²) in [5.74, 6) is 0.596. The minimum Gasteiger partial charge on any atom is -0.312 e. The second-order valence-electron chi connectivity index (χ2n) is 4.63. The molecule has 1 aromatic carbocycles. The fourth-order valence-electron chi connectivity index (χ4n) is 2.00. The maximum atomic E-state index is 13.3. The third-order valence-electron chi connectivity index (χ3n) is 3.36. The van der Waals surface area contributed by atoms with E-state index in [4.69, 9.17) is 11.6 Å². The van der Waals surface area contributed by atoms with Crippen molar-refractivity contribution in [2.45, 2.75) is 25.8 Å². The van der Waals surface area contributed by atoms with Gasteiger partial charge < -0.3 is 5.32 Å². The number of alkyl halides is 1. The first-order valence-electron chi connectivity index (χ1n) is 5.76. The molecule has 1 saturated carbocycles. The molecule has 1 N–H and O–H groups in total. The standard InChI is InChI=1S/C13H17ClFN/c14-8-7-13(5-6-13)10-16-9-11-3-1-2-4-12(11)15/h1-4,16H,5-10H2. The van der Waals surface area contributed by atoms with Crippen LogP contribution in [0, 0.1) is 11.2 Å². The Labute approximate surface area is 101 Å². The van der Waals surface area contributed by atoms with Crippen LogP contribution >= 0.6 is 11.6 Å². The van der Waals surface area contributed by atoms with Crippen molar-refractivity contribution in [3.8, 4) is 0 Å². The van der Waals surface area contributed by atoms with Gasteiger partial charge in [0.1, 0.15) is 5.82 Å². The predicted molar refractivity (Wildman–Crippen MR) is 65.1 cm³/mol. The minimum atomic E-state index is -0.128. The maximum Gasteiger partial charge on any atom is 0.127 e. The summed E-state index contributed by atoms with van der Waals surface area (Å²) in [7, 11) is 0. The SMILES string of the molecule is Fc1ccccc1CNCC1(CCCl)CC1. The van der Waals surface area contributed by atoms with Crippen LogP contribution in [0.5, 0.6) is 0 Å². The van der Waals surface area contributed by atoms with E-state index in [0.29, 0.717) is 12.0 Å². The van der Waals surface area contributed by atoms with Crippen LogP contribution in [0.25, 0.3) is 0 Å².